The predicted octanol–water partition coefficient (Wildman–Crippen LogP) is 3.81. The van der Waals surface area contributed by atoms with Gasteiger partial charge < -0.3 is 14.8 Å². The fourth-order valence-corrected chi connectivity index (χ4v) is 2.63. The van der Waals surface area contributed by atoms with Crippen molar-refractivity contribution in [2.45, 2.75) is 25.9 Å². The van der Waals surface area contributed by atoms with E-state index in [1.54, 1.807) is 0 Å². The lowest BCUT2D eigenvalue weighted by Gasteiger charge is -2.12. The minimum absolute atomic E-state index is 0.101. The summed E-state index contributed by atoms with van der Waals surface area (Å²) in [5, 5.41) is 2.90. The normalized spacial score (nSPS) is 17.0. The molecular formula is C19H21NO3. The van der Waals surface area contributed by atoms with Crippen LogP contribution in [0.2, 0.25) is 0 Å². The van der Waals surface area contributed by atoms with Crippen molar-refractivity contribution in [3.63, 3.8) is 0 Å². The number of rotatable bonds is 5. The van der Waals surface area contributed by atoms with Crippen LogP contribution in [0.5, 0.6) is 5.75 Å². The van der Waals surface area contributed by atoms with Gasteiger partial charge in [-0.3, -0.25) is 4.79 Å². The van der Waals surface area contributed by atoms with E-state index in [4.69, 9.17) is 9.47 Å². The Kier molecular flexibility index (Phi) is 4.93. The molecule has 0 spiro atoms. The fourth-order valence-electron chi connectivity index (χ4n) is 2.63. The monoisotopic (exact) mass is 311 g/mol. The first kappa shape index (κ1) is 15.6. The lowest BCUT2D eigenvalue weighted by atomic mass is 10.1. The number of nitrogens with one attached hydrogen (secondary N) is 1. The first-order valence-electron chi connectivity index (χ1n) is 7.94. The van der Waals surface area contributed by atoms with Crippen molar-refractivity contribution in [2.24, 2.45) is 0 Å². The molecule has 4 heteroatoms. The van der Waals surface area contributed by atoms with Crippen LogP contribution in [0.1, 0.15) is 28.8 Å². The first-order valence-corrected chi connectivity index (χ1v) is 7.94. The summed E-state index contributed by atoms with van der Waals surface area (Å²) in [6.07, 6.45) is 2.37. The number of anilines is 1. The number of amides is 1. The number of ether oxygens (including phenoxy) is 2. The molecule has 1 N–H and O–H groups in total. The lowest BCUT2D eigenvalue weighted by Crippen LogP contribution is -2.16. The van der Waals surface area contributed by atoms with E-state index in [2.05, 4.69) is 5.32 Å². The number of carbonyl (C=O) groups excluding carboxylic acids is 1. The zero-order valence-electron chi connectivity index (χ0n) is 13.2. The van der Waals surface area contributed by atoms with Crippen molar-refractivity contribution < 1.29 is 14.3 Å². The van der Waals surface area contributed by atoms with Crippen molar-refractivity contribution in [3.05, 3.63) is 59.7 Å². The Balaban J connectivity index is 1.56. The third-order valence-corrected chi connectivity index (χ3v) is 3.96. The molecule has 3 rings (SSSR count). The highest BCUT2D eigenvalue weighted by Crippen LogP contribution is 2.19. The van der Waals surface area contributed by atoms with Crippen LogP contribution in [0.3, 0.4) is 0 Å². The standard InChI is InChI=1S/C19H21NO3/c1-14-5-2-3-7-18(14)19(21)20-15-8-10-16(11-9-15)23-13-17-6-4-12-22-17/h2-3,5,7-11,17H,4,6,12-13H2,1H3,(H,20,21)/t17-/m0/s1. The van der Waals surface area contributed by atoms with Crippen molar-refractivity contribution in [1.29, 1.82) is 0 Å². The molecular weight excluding hydrogens is 290 g/mol. The highest BCUT2D eigenvalue weighted by Gasteiger charge is 2.16. The zero-order valence-corrected chi connectivity index (χ0v) is 13.2. The maximum atomic E-state index is 12.3. The zero-order chi connectivity index (χ0) is 16.1. The quantitative estimate of drug-likeness (QED) is 0.913. The van der Waals surface area contributed by atoms with Crippen molar-refractivity contribution in [2.75, 3.05) is 18.5 Å². The van der Waals surface area contributed by atoms with Gasteiger partial charge >= 0.3 is 0 Å². The van der Waals surface area contributed by atoms with Crippen LogP contribution in [-0.4, -0.2) is 25.2 Å². The second-order valence-corrected chi connectivity index (χ2v) is 5.74. The van der Waals surface area contributed by atoms with E-state index in [-0.39, 0.29) is 12.0 Å². The highest BCUT2D eigenvalue weighted by molar-refractivity contribution is 6.05. The van der Waals surface area contributed by atoms with Crippen LogP contribution in [0.15, 0.2) is 48.5 Å². The summed E-state index contributed by atoms with van der Waals surface area (Å²) >= 11 is 0. The minimum Gasteiger partial charge on any atom is -0.491 e. The van der Waals surface area contributed by atoms with Gasteiger partial charge in [-0.15, -0.1) is 0 Å². The second kappa shape index (κ2) is 7.29. The summed E-state index contributed by atoms with van der Waals surface area (Å²) in [6, 6.07) is 15.0. The summed E-state index contributed by atoms with van der Waals surface area (Å²) in [5.41, 5.74) is 2.40. The third kappa shape index (κ3) is 4.11. The van der Waals surface area contributed by atoms with Gasteiger partial charge in [-0.1, -0.05) is 18.2 Å². The molecule has 0 radical (unpaired) electrons. The molecule has 0 unspecified atom stereocenters. The van der Waals surface area contributed by atoms with Crippen molar-refractivity contribution in [3.8, 4) is 5.75 Å². The van der Waals surface area contributed by atoms with Gasteiger partial charge in [0.1, 0.15) is 12.4 Å². The largest absolute Gasteiger partial charge is 0.491 e. The number of carbonyl (C=O) groups is 1. The van der Waals surface area contributed by atoms with E-state index in [0.717, 1.165) is 36.4 Å². The Bertz CT molecular complexity index is 661. The van der Waals surface area contributed by atoms with Gasteiger partial charge in [0, 0.05) is 17.9 Å². The van der Waals surface area contributed by atoms with Crippen LogP contribution >= 0.6 is 0 Å². The smallest absolute Gasteiger partial charge is 0.255 e. The Morgan fingerprint density at radius 3 is 2.70 bits per heavy atom. The van der Waals surface area contributed by atoms with E-state index in [0.29, 0.717) is 12.2 Å². The summed E-state index contributed by atoms with van der Waals surface area (Å²) in [6.45, 7) is 3.34. The topological polar surface area (TPSA) is 47.6 Å². The fraction of sp³-hybridized carbons (Fsp3) is 0.316. The average Bonchev–Trinajstić information content (AvgIpc) is 3.08. The van der Waals surface area contributed by atoms with E-state index < -0.39 is 0 Å². The Labute approximate surface area is 136 Å². The molecule has 1 saturated heterocycles. The van der Waals surface area contributed by atoms with Gasteiger partial charge in [0.05, 0.1) is 6.10 Å². The third-order valence-electron chi connectivity index (χ3n) is 3.96. The number of aryl methyl sites for hydroxylation is 1. The van der Waals surface area contributed by atoms with Gasteiger partial charge in [-0.2, -0.15) is 0 Å². The van der Waals surface area contributed by atoms with Gasteiger partial charge in [0.2, 0.25) is 0 Å². The van der Waals surface area contributed by atoms with E-state index in [1.807, 2.05) is 55.5 Å². The molecule has 4 nitrogen and oxygen atoms in total. The molecule has 1 aliphatic heterocycles. The van der Waals surface area contributed by atoms with Crippen LogP contribution in [0, 0.1) is 6.92 Å². The van der Waals surface area contributed by atoms with E-state index in [9.17, 15) is 4.79 Å². The molecule has 1 heterocycles. The molecule has 2 aromatic rings. The maximum absolute atomic E-state index is 12.3. The molecule has 1 amide bonds. The van der Waals surface area contributed by atoms with Gasteiger partial charge in [-0.25, -0.2) is 0 Å². The predicted molar refractivity (Wildman–Crippen MR) is 90.0 cm³/mol. The molecule has 23 heavy (non-hydrogen) atoms. The molecule has 0 saturated carbocycles. The lowest BCUT2D eigenvalue weighted by molar-refractivity contribution is 0.0679. The van der Waals surface area contributed by atoms with E-state index >= 15 is 0 Å². The van der Waals surface area contributed by atoms with Gasteiger partial charge in [-0.05, 0) is 55.7 Å². The number of hydrogen-bond acceptors (Lipinski definition) is 3. The Hall–Kier alpha value is -2.33. The molecule has 120 valence electrons. The SMILES string of the molecule is Cc1ccccc1C(=O)Nc1ccc(OC[C@@H]2CCCO2)cc1. The van der Waals surface area contributed by atoms with Gasteiger partial charge in [0.25, 0.3) is 5.91 Å². The molecule has 0 aromatic heterocycles. The Morgan fingerprint density at radius 2 is 2.00 bits per heavy atom. The second-order valence-electron chi connectivity index (χ2n) is 5.74. The van der Waals surface area contributed by atoms with Crippen LogP contribution in [0.4, 0.5) is 5.69 Å². The summed E-state index contributed by atoms with van der Waals surface area (Å²) in [5.74, 6) is 0.686. The van der Waals surface area contributed by atoms with E-state index in [1.165, 1.54) is 0 Å². The van der Waals surface area contributed by atoms with Crippen LogP contribution < -0.4 is 10.1 Å². The van der Waals surface area contributed by atoms with Gasteiger partial charge in [0.15, 0.2) is 0 Å². The molecule has 0 aliphatic carbocycles. The average molecular weight is 311 g/mol. The molecule has 0 bridgehead atoms. The maximum Gasteiger partial charge on any atom is 0.255 e. The van der Waals surface area contributed by atoms with Crippen LogP contribution in [0.25, 0.3) is 0 Å². The summed E-state index contributed by atoms with van der Waals surface area (Å²) in [7, 11) is 0. The minimum atomic E-state index is -0.101. The molecule has 1 atom stereocenters. The highest BCUT2D eigenvalue weighted by atomic mass is 16.5. The summed E-state index contributed by atoms with van der Waals surface area (Å²) in [4.78, 5) is 12.3. The summed E-state index contributed by atoms with van der Waals surface area (Å²) < 4.78 is 11.2. The first-order chi connectivity index (χ1) is 11.2. The number of hydrogen-bond donors (Lipinski definition) is 1. The van der Waals surface area contributed by atoms with Crippen LogP contribution in [-0.2, 0) is 4.74 Å². The molecule has 2 aromatic carbocycles. The van der Waals surface area contributed by atoms with Crippen molar-refractivity contribution >= 4 is 11.6 Å². The van der Waals surface area contributed by atoms with Crippen molar-refractivity contribution in [1.82, 2.24) is 0 Å². The molecule has 1 aliphatic rings. The Morgan fingerprint density at radius 1 is 1.22 bits per heavy atom. The molecule has 1 fully saturated rings. The number of benzene rings is 2.